The molecule has 0 fully saturated rings. The zero-order valence-electron chi connectivity index (χ0n) is 20.5. The van der Waals surface area contributed by atoms with E-state index in [-0.39, 0.29) is 6.10 Å². The van der Waals surface area contributed by atoms with E-state index < -0.39 is 6.10 Å². The van der Waals surface area contributed by atoms with Gasteiger partial charge in [0, 0.05) is 13.1 Å². The Labute approximate surface area is 197 Å². The first-order valence-corrected chi connectivity index (χ1v) is 11.8. The molecular formula is C27H37N3O3. The van der Waals surface area contributed by atoms with Crippen LogP contribution in [-0.4, -0.2) is 51.7 Å². The van der Waals surface area contributed by atoms with Gasteiger partial charge in [0.25, 0.3) is 0 Å². The van der Waals surface area contributed by atoms with Crippen molar-refractivity contribution in [1.82, 2.24) is 14.7 Å². The largest absolute Gasteiger partial charge is 0.439 e. The topological polar surface area (TPSA) is 59.8 Å². The van der Waals surface area contributed by atoms with Gasteiger partial charge in [0.05, 0.1) is 35.8 Å². The van der Waals surface area contributed by atoms with Crippen molar-refractivity contribution in [2.24, 2.45) is 0 Å². The van der Waals surface area contributed by atoms with Gasteiger partial charge in [-0.15, -0.1) is 0 Å². The average molecular weight is 452 g/mol. The fourth-order valence-corrected chi connectivity index (χ4v) is 3.72. The third-order valence-electron chi connectivity index (χ3n) is 5.39. The lowest BCUT2D eigenvalue weighted by Gasteiger charge is -2.25. The predicted molar refractivity (Wildman–Crippen MR) is 132 cm³/mol. The Morgan fingerprint density at radius 2 is 1.73 bits per heavy atom. The summed E-state index contributed by atoms with van der Waals surface area (Å²) in [5, 5.41) is 15.4. The first kappa shape index (κ1) is 25.0. The molecule has 1 heterocycles. The van der Waals surface area contributed by atoms with Crippen LogP contribution in [0.5, 0.6) is 11.6 Å². The van der Waals surface area contributed by atoms with E-state index in [9.17, 15) is 5.11 Å². The maximum absolute atomic E-state index is 10.5. The van der Waals surface area contributed by atoms with E-state index in [1.54, 1.807) is 0 Å². The lowest BCUT2D eigenvalue weighted by molar-refractivity contribution is -0.00957. The SMILES string of the molecule is CCCN(Cc1c(C)nn(-c2ccccc2)c1Oc1ccc(C)cc1)CC(O)COC(C)C. The molecule has 3 aromatic rings. The molecule has 1 N–H and O–H groups in total. The van der Waals surface area contributed by atoms with Crippen molar-refractivity contribution in [2.75, 3.05) is 19.7 Å². The van der Waals surface area contributed by atoms with E-state index in [0.29, 0.717) is 25.6 Å². The quantitative estimate of drug-likeness (QED) is 0.406. The number of aliphatic hydroxyl groups is 1. The minimum absolute atomic E-state index is 0.0973. The highest BCUT2D eigenvalue weighted by Crippen LogP contribution is 2.32. The minimum atomic E-state index is -0.551. The number of para-hydroxylation sites is 1. The van der Waals surface area contributed by atoms with Crippen molar-refractivity contribution in [3.05, 3.63) is 71.4 Å². The van der Waals surface area contributed by atoms with Crippen molar-refractivity contribution < 1.29 is 14.6 Å². The summed E-state index contributed by atoms with van der Waals surface area (Å²) in [6, 6.07) is 18.1. The number of benzene rings is 2. The third kappa shape index (κ3) is 7.16. The van der Waals surface area contributed by atoms with Crippen molar-refractivity contribution in [2.45, 2.75) is 59.8 Å². The van der Waals surface area contributed by atoms with Crippen LogP contribution in [0.4, 0.5) is 0 Å². The van der Waals surface area contributed by atoms with Gasteiger partial charge >= 0.3 is 0 Å². The Morgan fingerprint density at radius 1 is 1.03 bits per heavy atom. The Balaban J connectivity index is 1.91. The highest BCUT2D eigenvalue weighted by atomic mass is 16.5. The molecule has 6 nitrogen and oxygen atoms in total. The number of rotatable bonds is 12. The molecule has 1 unspecified atom stereocenters. The van der Waals surface area contributed by atoms with Crippen molar-refractivity contribution in [1.29, 1.82) is 0 Å². The Bertz CT molecular complexity index is 984. The van der Waals surface area contributed by atoms with Crippen LogP contribution in [-0.2, 0) is 11.3 Å². The molecule has 0 spiro atoms. The molecule has 0 saturated carbocycles. The van der Waals surface area contributed by atoms with E-state index in [1.165, 1.54) is 5.56 Å². The summed E-state index contributed by atoms with van der Waals surface area (Å²) in [5.74, 6) is 1.47. The number of aliphatic hydroxyl groups excluding tert-OH is 1. The fourth-order valence-electron chi connectivity index (χ4n) is 3.72. The van der Waals surface area contributed by atoms with Crippen LogP contribution in [0, 0.1) is 13.8 Å². The maximum Gasteiger partial charge on any atom is 0.227 e. The van der Waals surface area contributed by atoms with Gasteiger partial charge < -0.3 is 14.6 Å². The zero-order chi connectivity index (χ0) is 23.8. The van der Waals surface area contributed by atoms with E-state index in [4.69, 9.17) is 14.6 Å². The molecule has 0 amide bonds. The lowest BCUT2D eigenvalue weighted by Crippen LogP contribution is -2.35. The van der Waals surface area contributed by atoms with Gasteiger partial charge in [0.1, 0.15) is 5.75 Å². The smallest absolute Gasteiger partial charge is 0.227 e. The van der Waals surface area contributed by atoms with Crippen LogP contribution in [0.3, 0.4) is 0 Å². The van der Waals surface area contributed by atoms with Gasteiger partial charge in [-0.25, -0.2) is 4.68 Å². The van der Waals surface area contributed by atoms with Crippen molar-refractivity contribution >= 4 is 0 Å². The molecule has 2 aromatic carbocycles. The summed E-state index contributed by atoms with van der Waals surface area (Å²) >= 11 is 0. The predicted octanol–water partition coefficient (Wildman–Crippen LogP) is 5.28. The summed E-state index contributed by atoms with van der Waals surface area (Å²) in [5.41, 5.74) is 4.06. The number of nitrogens with zero attached hydrogens (tertiary/aromatic N) is 3. The van der Waals surface area contributed by atoms with Gasteiger partial charge in [-0.2, -0.15) is 5.10 Å². The molecule has 0 aliphatic carbocycles. The molecular weight excluding hydrogens is 414 g/mol. The van der Waals surface area contributed by atoms with Gasteiger partial charge in [0.2, 0.25) is 5.88 Å². The molecule has 0 bridgehead atoms. The number of aromatic nitrogens is 2. The lowest BCUT2D eigenvalue weighted by atomic mass is 10.2. The number of hydrogen-bond donors (Lipinski definition) is 1. The molecule has 0 saturated heterocycles. The maximum atomic E-state index is 10.5. The molecule has 3 rings (SSSR count). The molecule has 33 heavy (non-hydrogen) atoms. The molecule has 0 aliphatic heterocycles. The zero-order valence-corrected chi connectivity index (χ0v) is 20.5. The fraction of sp³-hybridized carbons (Fsp3) is 0.444. The van der Waals surface area contributed by atoms with E-state index in [1.807, 2.05) is 80.1 Å². The summed E-state index contributed by atoms with van der Waals surface area (Å²) in [4.78, 5) is 2.25. The monoisotopic (exact) mass is 451 g/mol. The van der Waals surface area contributed by atoms with Gasteiger partial charge in [-0.05, 0) is 64.9 Å². The summed E-state index contributed by atoms with van der Waals surface area (Å²) in [6.45, 7) is 12.5. The van der Waals surface area contributed by atoms with Gasteiger partial charge in [-0.1, -0.05) is 42.8 Å². The molecule has 0 radical (unpaired) electrons. The van der Waals surface area contributed by atoms with Crippen LogP contribution in [0.15, 0.2) is 54.6 Å². The van der Waals surface area contributed by atoms with Gasteiger partial charge in [-0.3, -0.25) is 4.90 Å². The Morgan fingerprint density at radius 3 is 2.36 bits per heavy atom. The molecule has 1 aromatic heterocycles. The normalized spacial score (nSPS) is 12.5. The number of hydrogen-bond acceptors (Lipinski definition) is 5. The summed E-state index contributed by atoms with van der Waals surface area (Å²) in [6.07, 6.45) is 0.530. The first-order chi connectivity index (χ1) is 15.9. The first-order valence-electron chi connectivity index (χ1n) is 11.8. The van der Waals surface area contributed by atoms with E-state index >= 15 is 0 Å². The summed E-state index contributed by atoms with van der Waals surface area (Å²) in [7, 11) is 0. The van der Waals surface area contributed by atoms with Crippen LogP contribution >= 0.6 is 0 Å². The Hall–Kier alpha value is -2.67. The van der Waals surface area contributed by atoms with Crippen LogP contribution < -0.4 is 4.74 Å². The second kappa shape index (κ2) is 12.0. The standard InChI is InChI=1S/C27H37N3O3/c1-6-16-29(17-24(31)19-32-20(2)3)18-26-22(5)28-30(23-10-8-7-9-11-23)27(26)33-25-14-12-21(4)13-15-25/h7-15,20,24,31H,6,16-19H2,1-5H3. The third-order valence-corrected chi connectivity index (χ3v) is 5.39. The average Bonchev–Trinajstić information content (AvgIpc) is 3.09. The van der Waals surface area contributed by atoms with E-state index in [0.717, 1.165) is 35.7 Å². The van der Waals surface area contributed by atoms with E-state index in [2.05, 4.69) is 18.7 Å². The Kier molecular flexibility index (Phi) is 9.06. The number of ether oxygens (including phenoxy) is 2. The molecule has 6 heteroatoms. The van der Waals surface area contributed by atoms with Crippen LogP contribution in [0.25, 0.3) is 5.69 Å². The van der Waals surface area contributed by atoms with Crippen molar-refractivity contribution in [3.8, 4) is 17.3 Å². The van der Waals surface area contributed by atoms with Crippen molar-refractivity contribution in [3.63, 3.8) is 0 Å². The van der Waals surface area contributed by atoms with Gasteiger partial charge in [0.15, 0.2) is 0 Å². The molecule has 0 aliphatic rings. The second-order valence-electron chi connectivity index (χ2n) is 8.80. The highest BCUT2D eigenvalue weighted by Gasteiger charge is 2.22. The molecule has 178 valence electrons. The minimum Gasteiger partial charge on any atom is -0.439 e. The number of aryl methyl sites for hydroxylation is 2. The van der Waals surface area contributed by atoms with Crippen LogP contribution in [0.1, 0.15) is 44.0 Å². The molecule has 1 atom stereocenters. The second-order valence-corrected chi connectivity index (χ2v) is 8.80. The van der Waals surface area contributed by atoms with Crippen LogP contribution in [0.2, 0.25) is 0 Å². The highest BCUT2D eigenvalue weighted by molar-refractivity contribution is 5.43. The summed E-state index contributed by atoms with van der Waals surface area (Å²) < 4.78 is 13.9.